The molecule has 5 heteroatoms. The van der Waals surface area contributed by atoms with Crippen molar-refractivity contribution in [3.8, 4) is 0 Å². The fourth-order valence-corrected chi connectivity index (χ4v) is 1.61. The summed E-state index contributed by atoms with van der Waals surface area (Å²) in [5, 5.41) is 8.56. The van der Waals surface area contributed by atoms with E-state index < -0.39 is 5.97 Å². The van der Waals surface area contributed by atoms with Crippen molar-refractivity contribution in [2.24, 2.45) is 5.73 Å². The Labute approximate surface area is 137 Å². The molecule has 1 aromatic carbocycles. The summed E-state index contributed by atoms with van der Waals surface area (Å²) in [6.45, 7) is 9.32. The van der Waals surface area contributed by atoms with Gasteiger partial charge in [-0.05, 0) is 31.4 Å². The van der Waals surface area contributed by atoms with Crippen LogP contribution in [-0.4, -0.2) is 23.6 Å². The van der Waals surface area contributed by atoms with Gasteiger partial charge < -0.3 is 15.6 Å². The minimum Gasteiger partial charge on any atom is -0.478 e. The van der Waals surface area contributed by atoms with Crippen LogP contribution in [0.5, 0.6) is 0 Å². The number of aliphatic carboxylic acids is 1. The lowest BCUT2D eigenvalue weighted by Crippen LogP contribution is -2.09. The zero-order valence-corrected chi connectivity index (χ0v) is 14.0. The summed E-state index contributed by atoms with van der Waals surface area (Å²) < 4.78 is 4.95. The molecule has 0 spiro atoms. The molecular weight excluding hydrogens is 294 g/mol. The predicted molar refractivity (Wildman–Crippen MR) is 90.7 cm³/mol. The number of rotatable bonds is 6. The third-order valence-corrected chi connectivity index (χ3v) is 2.99. The Balaban J connectivity index is 0.000000438. The number of ether oxygens (including phenoxy) is 1. The highest BCUT2D eigenvalue weighted by Gasteiger charge is 2.06. The summed E-state index contributed by atoms with van der Waals surface area (Å²) in [6.07, 6.45) is 0.540. The summed E-state index contributed by atoms with van der Waals surface area (Å²) >= 11 is 0. The van der Waals surface area contributed by atoms with Gasteiger partial charge in [-0.15, -0.1) is 0 Å². The third-order valence-electron chi connectivity index (χ3n) is 2.99. The van der Waals surface area contributed by atoms with Crippen LogP contribution in [0.15, 0.2) is 53.6 Å². The monoisotopic (exact) mass is 319 g/mol. The van der Waals surface area contributed by atoms with Gasteiger partial charge in [0, 0.05) is 17.7 Å². The Hall–Kier alpha value is -2.40. The average molecular weight is 319 g/mol. The lowest BCUT2D eigenvalue weighted by molar-refractivity contribution is -0.140. The van der Waals surface area contributed by atoms with E-state index in [-0.39, 0.29) is 5.97 Å². The van der Waals surface area contributed by atoms with E-state index >= 15 is 0 Å². The van der Waals surface area contributed by atoms with Gasteiger partial charge in [0.15, 0.2) is 0 Å². The van der Waals surface area contributed by atoms with Crippen molar-refractivity contribution < 1.29 is 19.4 Å². The van der Waals surface area contributed by atoms with E-state index in [2.05, 4.69) is 6.58 Å². The first-order valence-electron chi connectivity index (χ1n) is 7.31. The topological polar surface area (TPSA) is 89.6 Å². The van der Waals surface area contributed by atoms with Crippen molar-refractivity contribution in [3.63, 3.8) is 0 Å². The summed E-state index contributed by atoms with van der Waals surface area (Å²) in [5.41, 5.74) is 7.87. The van der Waals surface area contributed by atoms with E-state index in [1.54, 1.807) is 13.8 Å². The van der Waals surface area contributed by atoms with Crippen LogP contribution in [0.2, 0.25) is 0 Å². The number of carbonyl (C=O) groups is 2. The second kappa shape index (κ2) is 11.2. The molecule has 0 aliphatic carbocycles. The molecule has 23 heavy (non-hydrogen) atoms. The van der Waals surface area contributed by atoms with E-state index in [0.29, 0.717) is 30.7 Å². The number of nitrogens with two attached hydrogens (primary N) is 1. The number of benzene rings is 1. The molecule has 0 aliphatic heterocycles. The van der Waals surface area contributed by atoms with Crippen molar-refractivity contribution in [1.82, 2.24) is 0 Å². The largest absolute Gasteiger partial charge is 0.478 e. The maximum Gasteiger partial charge on any atom is 0.333 e. The quantitative estimate of drug-likeness (QED) is 0.621. The molecule has 0 amide bonds. The Kier molecular flexibility index (Phi) is 10.0. The van der Waals surface area contributed by atoms with Gasteiger partial charge in [-0.1, -0.05) is 43.8 Å². The first-order chi connectivity index (χ1) is 10.8. The number of carboxylic acid groups (broad SMARTS) is 1. The van der Waals surface area contributed by atoms with Crippen molar-refractivity contribution >= 4 is 11.9 Å². The van der Waals surface area contributed by atoms with Crippen LogP contribution in [-0.2, 0) is 20.9 Å². The standard InChI is InChI=1S/C11H12O2.C7H13NO2/c1-9(2)11(12)13-8-10-6-4-3-5-7-10;1-3-6(7(9)10)5(2)4-8/h3-7H,1,8H2,2H3;3-4,8H2,1-2H3,(H,9,10). The molecule has 0 aromatic heterocycles. The molecule has 0 heterocycles. The highest BCUT2D eigenvalue weighted by atomic mass is 16.5. The number of hydrogen-bond donors (Lipinski definition) is 2. The minimum atomic E-state index is -0.856. The van der Waals surface area contributed by atoms with Gasteiger partial charge >= 0.3 is 11.9 Å². The van der Waals surface area contributed by atoms with E-state index in [1.807, 2.05) is 37.3 Å². The van der Waals surface area contributed by atoms with Crippen LogP contribution in [0.25, 0.3) is 0 Å². The average Bonchev–Trinajstić information content (AvgIpc) is 2.54. The van der Waals surface area contributed by atoms with E-state index in [4.69, 9.17) is 15.6 Å². The molecule has 1 rings (SSSR count). The first kappa shape index (κ1) is 20.6. The van der Waals surface area contributed by atoms with Crippen LogP contribution >= 0.6 is 0 Å². The summed E-state index contributed by atoms with van der Waals surface area (Å²) in [5.74, 6) is -1.20. The normalized spacial score (nSPS) is 10.8. The molecule has 0 saturated carbocycles. The molecule has 5 nitrogen and oxygen atoms in total. The second-order valence-corrected chi connectivity index (χ2v) is 4.96. The van der Waals surface area contributed by atoms with Crippen molar-refractivity contribution in [1.29, 1.82) is 0 Å². The summed E-state index contributed by atoms with van der Waals surface area (Å²) in [4.78, 5) is 21.4. The van der Waals surface area contributed by atoms with Gasteiger partial charge in [-0.2, -0.15) is 0 Å². The molecule has 0 radical (unpaired) electrons. The Morgan fingerprint density at radius 1 is 1.22 bits per heavy atom. The highest BCUT2D eigenvalue weighted by Crippen LogP contribution is 2.06. The fraction of sp³-hybridized carbons (Fsp3) is 0.333. The van der Waals surface area contributed by atoms with E-state index in [0.717, 1.165) is 11.1 Å². The lowest BCUT2D eigenvalue weighted by Gasteiger charge is -2.03. The number of carbonyl (C=O) groups excluding carboxylic acids is 1. The van der Waals surface area contributed by atoms with Gasteiger partial charge in [-0.3, -0.25) is 0 Å². The van der Waals surface area contributed by atoms with Gasteiger partial charge in [0.25, 0.3) is 0 Å². The van der Waals surface area contributed by atoms with Crippen molar-refractivity contribution in [2.45, 2.75) is 33.8 Å². The molecule has 0 bridgehead atoms. The zero-order chi connectivity index (χ0) is 17.8. The van der Waals surface area contributed by atoms with Gasteiger partial charge in [0.1, 0.15) is 6.61 Å². The number of carboxylic acids is 1. The number of hydrogen-bond acceptors (Lipinski definition) is 4. The van der Waals surface area contributed by atoms with Gasteiger partial charge in [0.2, 0.25) is 0 Å². The van der Waals surface area contributed by atoms with Gasteiger partial charge in [-0.25, -0.2) is 9.59 Å². The maximum atomic E-state index is 11.0. The molecule has 0 atom stereocenters. The minimum absolute atomic E-state index is 0.312. The predicted octanol–water partition coefficient (Wildman–Crippen LogP) is 3.06. The lowest BCUT2D eigenvalue weighted by atomic mass is 10.1. The van der Waals surface area contributed by atoms with Crippen LogP contribution in [0.3, 0.4) is 0 Å². The third kappa shape index (κ3) is 8.58. The zero-order valence-electron chi connectivity index (χ0n) is 14.0. The molecule has 0 saturated heterocycles. The molecule has 1 aromatic rings. The van der Waals surface area contributed by atoms with Crippen LogP contribution in [0.1, 0.15) is 32.8 Å². The second-order valence-electron chi connectivity index (χ2n) is 4.96. The van der Waals surface area contributed by atoms with Crippen molar-refractivity contribution in [3.05, 3.63) is 59.2 Å². The SMILES string of the molecule is C=C(C)C(=O)OCc1ccccc1.CCC(C(=O)O)=C(C)CN. The van der Waals surface area contributed by atoms with Crippen LogP contribution in [0.4, 0.5) is 0 Å². The summed E-state index contributed by atoms with van der Waals surface area (Å²) in [6, 6.07) is 9.55. The van der Waals surface area contributed by atoms with E-state index in [1.165, 1.54) is 0 Å². The highest BCUT2D eigenvalue weighted by molar-refractivity contribution is 5.87. The summed E-state index contributed by atoms with van der Waals surface area (Å²) in [7, 11) is 0. The van der Waals surface area contributed by atoms with Crippen LogP contribution in [0, 0.1) is 0 Å². The molecule has 0 aliphatic rings. The molecule has 0 fully saturated rings. The Bertz CT molecular complexity index is 562. The number of esters is 1. The Morgan fingerprint density at radius 2 is 1.78 bits per heavy atom. The smallest absolute Gasteiger partial charge is 0.333 e. The van der Waals surface area contributed by atoms with Gasteiger partial charge in [0.05, 0.1) is 0 Å². The molecule has 3 N–H and O–H groups in total. The molecule has 0 unspecified atom stereocenters. The molecular formula is C18H25NO4. The maximum absolute atomic E-state index is 11.0. The van der Waals surface area contributed by atoms with Crippen LogP contribution < -0.4 is 5.73 Å². The molecule has 126 valence electrons. The first-order valence-corrected chi connectivity index (χ1v) is 7.31. The van der Waals surface area contributed by atoms with Crippen molar-refractivity contribution in [2.75, 3.05) is 6.54 Å². The Morgan fingerprint density at radius 3 is 2.13 bits per heavy atom. The van der Waals surface area contributed by atoms with E-state index in [9.17, 15) is 9.59 Å². The fourth-order valence-electron chi connectivity index (χ4n) is 1.61.